The van der Waals surface area contributed by atoms with E-state index < -0.39 is 0 Å². The van der Waals surface area contributed by atoms with Crippen LogP contribution in [0.15, 0.2) is 84.9 Å². The summed E-state index contributed by atoms with van der Waals surface area (Å²) in [5, 5.41) is 3.18. The van der Waals surface area contributed by atoms with E-state index in [-0.39, 0.29) is 17.2 Å². The molecule has 0 fully saturated rings. The summed E-state index contributed by atoms with van der Waals surface area (Å²) < 4.78 is 0. The molecule has 0 atom stereocenters. The van der Waals surface area contributed by atoms with Crippen molar-refractivity contribution in [3.63, 3.8) is 0 Å². The Morgan fingerprint density at radius 1 is 0.731 bits per heavy atom. The summed E-state index contributed by atoms with van der Waals surface area (Å²) in [6.45, 7) is 6.47. The maximum Gasteiger partial charge on any atom is 0.236 e. The molecule has 0 aromatic heterocycles. The lowest BCUT2D eigenvalue weighted by Gasteiger charge is -2.24. The quantitative estimate of drug-likeness (QED) is 0.641. The van der Waals surface area contributed by atoms with Crippen molar-refractivity contribution in [2.45, 2.75) is 32.1 Å². The molecule has 3 aromatic rings. The third kappa shape index (κ3) is 4.02. The van der Waals surface area contributed by atoms with Crippen molar-refractivity contribution in [1.82, 2.24) is 0 Å². The first kappa shape index (κ1) is 17.9. The molecule has 0 spiro atoms. The Bertz CT molecular complexity index is 824. The van der Waals surface area contributed by atoms with Gasteiger partial charge in [0.1, 0.15) is 0 Å². The number of carbonyl (C=O) groups is 1. The van der Waals surface area contributed by atoms with E-state index >= 15 is 0 Å². The first-order valence-corrected chi connectivity index (χ1v) is 8.97. The highest BCUT2D eigenvalue weighted by Crippen LogP contribution is 2.31. The van der Waals surface area contributed by atoms with E-state index in [1.807, 2.05) is 78.9 Å². The zero-order valence-corrected chi connectivity index (χ0v) is 15.6. The minimum Gasteiger partial charge on any atom is -0.325 e. The predicted molar refractivity (Wildman–Crippen MR) is 108 cm³/mol. The first-order chi connectivity index (χ1) is 12.5. The maximum atomic E-state index is 13.3. The molecule has 0 aliphatic heterocycles. The topological polar surface area (TPSA) is 29.1 Å². The molecule has 0 bridgehead atoms. The Labute approximate surface area is 155 Å². The monoisotopic (exact) mass is 343 g/mol. The number of rotatable bonds is 4. The molecular weight excluding hydrogens is 318 g/mol. The first-order valence-electron chi connectivity index (χ1n) is 8.97. The van der Waals surface area contributed by atoms with E-state index in [4.69, 9.17) is 0 Å². The lowest BCUT2D eigenvalue weighted by molar-refractivity contribution is -0.116. The molecule has 2 heteroatoms. The number of anilines is 1. The van der Waals surface area contributed by atoms with Gasteiger partial charge in [-0.05, 0) is 28.2 Å². The molecule has 0 radical (unpaired) electrons. The molecule has 1 amide bonds. The molecule has 0 saturated carbocycles. The third-order valence-electron chi connectivity index (χ3n) is 4.52. The summed E-state index contributed by atoms with van der Waals surface area (Å²) in [5.74, 6) is -0.357. The van der Waals surface area contributed by atoms with E-state index in [1.54, 1.807) is 0 Å². The fraction of sp³-hybridized carbons (Fsp3) is 0.208. The highest BCUT2D eigenvalue weighted by molar-refractivity contribution is 5.98. The zero-order valence-electron chi connectivity index (χ0n) is 15.6. The van der Waals surface area contributed by atoms with Gasteiger partial charge in [-0.2, -0.15) is 0 Å². The number of benzene rings is 3. The van der Waals surface area contributed by atoms with Crippen molar-refractivity contribution >= 4 is 11.6 Å². The van der Waals surface area contributed by atoms with Crippen molar-refractivity contribution in [1.29, 1.82) is 0 Å². The van der Waals surface area contributed by atoms with Gasteiger partial charge in [0, 0.05) is 5.69 Å². The SMILES string of the molecule is CC(C)(C)c1ccccc1NC(=O)C(c1ccccc1)c1ccccc1. The number of nitrogens with one attached hydrogen (secondary N) is 1. The maximum absolute atomic E-state index is 13.3. The van der Waals surface area contributed by atoms with Crippen molar-refractivity contribution in [2.24, 2.45) is 0 Å². The van der Waals surface area contributed by atoms with Crippen LogP contribution in [0.4, 0.5) is 5.69 Å². The van der Waals surface area contributed by atoms with Gasteiger partial charge in [-0.25, -0.2) is 0 Å². The second-order valence-corrected chi connectivity index (χ2v) is 7.54. The van der Waals surface area contributed by atoms with Crippen LogP contribution in [0.25, 0.3) is 0 Å². The van der Waals surface area contributed by atoms with Crippen molar-refractivity contribution in [2.75, 3.05) is 5.32 Å². The normalized spacial score (nSPS) is 11.4. The number of para-hydroxylation sites is 1. The fourth-order valence-electron chi connectivity index (χ4n) is 3.24. The number of carbonyl (C=O) groups excluding carboxylic acids is 1. The Balaban J connectivity index is 1.98. The van der Waals surface area contributed by atoms with Crippen LogP contribution in [0, 0.1) is 0 Å². The van der Waals surface area contributed by atoms with Crippen LogP contribution in [-0.4, -0.2) is 5.91 Å². The molecule has 0 heterocycles. The fourth-order valence-corrected chi connectivity index (χ4v) is 3.24. The summed E-state index contributed by atoms with van der Waals surface area (Å²) in [6, 6.07) is 27.9. The Morgan fingerprint density at radius 3 is 1.69 bits per heavy atom. The summed E-state index contributed by atoms with van der Waals surface area (Å²) in [4.78, 5) is 13.3. The zero-order chi connectivity index (χ0) is 18.6. The summed E-state index contributed by atoms with van der Waals surface area (Å²) in [5.41, 5.74) is 3.95. The van der Waals surface area contributed by atoms with E-state index in [9.17, 15) is 4.79 Å². The van der Waals surface area contributed by atoms with Gasteiger partial charge in [0.25, 0.3) is 0 Å². The van der Waals surface area contributed by atoms with Gasteiger partial charge < -0.3 is 5.32 Å². The molecule has 1 N–H and O–H groups in total. The Kier molecular flexibility index (Phi) is 5.22. The van der Waals surface area contributed by atoms with Gasteiger partial charge in [-0.1, -0.05) is 99.6 Å². The van der Waals surface area contributed by atoms with E-state index in [0.717, 1.165) is 22.4 Å². The van der Waals surface area contributed by atoms with E-state index in [0.29, 0.717) is 0 Å². The minimum atomic E-state index is -0.342. The van der Waals surface area contributed by atoms with Crippen molar-refractivity contribution < 1.29 is 4.79 Å². The lowest BCUT2D eigenvalue weighted by atomic mass is 9.85. The molecule has 0 aliphatic rings. The van der Waals surface area contributed by atoms with Crippen molar-refractivity contribution in [3.05, 3.63) is 102 Å². The average Bonchev–Trinajstić information content (AvgIpc) is 2.63. The summed E-state index contributed by atoms with van der Waals surface area (Å²) in [6.07, 6.45) is 0. The molecule has 3 rings (SSSR count). The van der Waals surface area contributed by atoms with E-state index in [2.05, 4.69) is 32.2 Å². The lowest BCUT2D eigenvalue weighted by Crippen LogP contribution is -2.24. The van der Waals surface area contributed by atoms with Crippen LogP contribution in [0.1, 0.15) is 43.4 Å². The minimum absolute atomic E-state index is 0.0147. The predicted octanol–water partition coefficient (Wildman–Crippen LogP) is 5.75. The summed E-state index contributed by atoms with van der Waals surface area (Å²) >= 11 is 0. The highest BCUT2D eigenvalue weighted by Gasteiger charge is 2.25. The molecule has 26 heavy (non-hydrogen) atoms. The smallest absolute Gasteiger partial charge is 0.236 e. The van der Waals surface area contributed by atoms with Gasteiger partial charge in [-0.3, -0.25) is 4.79 Å². The van der Waals surface area contributed by atoms with E-state index in [1.165, 1.54) is 0 Å². The molecular formula is C24H25NO. The molecule has 0 aliphatic carbocycles. The van der Waals surface area contributed by atoms with Crippen LogP contribution in [0.5, 0.6) is 0 Å². The second-order valence-electron chi connectivity index (χ2n) is 7.54. The van der Waals surface area contributed by atoms with Crippen LogP contribution < -0.4 is 5.32 Å². The van der Waals surface area contributed by atoms with Crippen LogP contribution >= 0.6 is 0 Å². The third-order valence-corrected chi connectivity index (χ3v) is 4.52. The number of hydrogen-bond donors (Lipinski definition) is 1. The Morgan fingerprint density at radius 2 is 1.19 bits per heavy atom. The van der Waals surface area contributed by atoms with Gasteiger partial charge in [0.05, 0.1) is 5.92 Å². The largest absolute Gasteiger partial charge is 0.325 e. The number of amides is 1. The molecule has 2 nitrogen and oxygen atoms in total. The highest BCUT2D eigenvalue weighted by atomic mass is 16.1. The molecule has 132 valence electrons. The van der Waals surface area contributed by atoms with Gasteiger partial charge in [-0.15, -0.1) is 0 Å². The van der Waals surface area contributed by atoms with Gasteiger partial charge >= 0.3 is 0 Å². The van der Waals surface area contributed by atoms with Crippen LogP contribution in [0.2, 0.25) is 0 Å². The molecule has 0 unspecified atom stereocenters. The van der Waals surface area contributed by atoms with Gasteiger partial charge in [0.2, 0.25) is 5.91 Å². The molecule has 0 saturated heterocycles. The Hall–Kier alpha value is -2.87. The van der Waals surface area contributed by atoms with Crippen molar-refractivity contribution in [3.8, 4) is 0 Å². The second kappa shape index (κ2) is 7.57. The van der Waals surface area contributed by atoms with Crippen LogP contribution in [0.3, 0.4) is 0 Å². The van der Waals surface area contributed by atoms with Gasteiger partial charge in [0.15, 0.2) is 0 Å². The standard InChI is InChI=1S/C24H25NO/c1-24(2,3)20-16-10-11-17-21(20)25-23(26)22(18-12-6-4-7-13-18)19-14-8-5-9-15-19/h4-17,22H,1-3H3,(H,25,26). The average molecular weight is 343 g/mol. The molecule has 3 aromatic carbocycles. The summed E-state index contributed by atoms with van der Waals surface area (Å²) in [7, 11) is 0. The number of hydrogen-bond acceptors (Lipinski definition) is 1. The van der Waals surface area contributed by atoms with Crippen LogP contribution in [-0.2, 0) is 10.2 Å².